The summed E-state index contributed by atoms with van der Waals surface area (Å²) in [6.07, 6.45) is 4.09. The van der Waals surface area contributed by atoms with Crippen molar-refractivity contribution < 1.29 is 9.13 Å². The average Bonchev–Trinajstić information content (AvgIpc) is 2.77. The molecule has 5 heterocycles. The number of rotatable bonds is 1. The predicted molar refractivity (Wildman–Crippen MR) is 70.3 cm³/mol. The van der Waals surface area contributed by atoms with Crippen LogP contribution in [-0.4, -0.2) is 53.0 Å². The quantitative estimate of drug-likeness (QED) is 0.790. The highest BCUT2D eigenvalue weighted by atomic mass is 19.1. The second kappa shape index (κ2) is 4.34. The summed E-state index contributed by atoms with van der Waals surface area (Å²) in [6.45, 7) is 3.90. The number of hydrogen-bond donors (Lipinski definition) is 1. The van der Waals surface area contributed by atoms with E-state index in [1.807, 2.05) is 4.90 Å². The fraction of sp³-hybridized carbons (Fsp3) is 0.692. The first-order valence-corrected chi connectivity index (χ1v) is 7.06. The minimum absolute atomic E-state index is 0.215. The molecule has 4 saturated heterocycles. The van der Waals surface area contributed by atoms with Crippen LogP contribution in [-0.2, 0) is 4.74 Å². The fourth-order valence-electron chi connectivity index (χ4n) is 3.80. The molecule has 4 fully saturated rings. The van der Waals surface area contributed by atoms with Gasteiger partial charge in [-0.2, -0.15) is 0 Å². The second-order valence-corrected chi connectivity index (χ2v) is 5.95. The molecule has 0 radical (unpaired) electrons. The van der Waals surface area contributed by atoms with E-state index in [2.05, 4.69) is 14.9 Å². The van der Waals surface area contributed by atoms with Gasteiger partial charge in [-0.25, -0.2) is 14.4 Å². The molecule has 5 rings (SSSR count). The minimum Gasteiger partial charge on any atom is -0.335 e. The van der Waals surface area contributed by atoms with Crippen molar-refractivity contribution in [2.24, 2.45) is 11.7 Å². The molecular weight excluding hydrogens is 261 g/mol. The van der Waals surface area contributed by atoms with Gasteiger partial charge in [0, 0.05) is 6.54 Å². The molecule has 2 atom stereocenters. The first-order chi connectivity index (χ1) is 9.66. The lowest BCUT2D eigenvalue weighted by Gasteiger charge is -2.50. The maximum absolute atomic E-state index is 12.9. The zero-order chi connectivity index (χ0) is 13.7. The molecule has 4 aliphatic rings. The maximum Gasteiger partial charge on any atom is 0.228 e. The normalized spacial score (nSPS) is 39.7. The van der Waals surface area contributed by atoms with Crippen LogP contribution in [0.3, 0.4) is 0 Å². The van der Waals surface area contributed by atoms with Crippen LogP contribution in [0.5, 0.6) is 0 Å². The number of anilines is 1. The van der Waals surface area contributed by atoms with Crippen molar-refractivity contribution in [3.05, 3.63) is 18.2 Å². The van der Waals surface area contributed by atoms with E-state index in [1.54, 1.807) is 0 Å². The fourth-order valence-corrected chi connectivity index (χ4v) is 3.80. The number of nitrogens with two attached hydrogens (primary N) is 1. The summed E-state index contributed by atoms with van der Waals surface area (Å²) in [5, 5.41) is 0. The molecule has 6 nitrogen and oxygen atoms in total. The number of ether oxygens (including phenoxy) is 1. The Morgan fingerprint density at radius 3 is 2.55 bits per heavy atom. The van der Waals surface area contributed by atoms with E-state index in [0.29, 0.717) is 18.4 Å². The SMILES string of the molecule is NC1OC2(CN3CCC2CC3)CN1c1ncc(F)cn1. The van der Waals surface area contributed by atoms with E-state index in [4.69, 9.17) is 10.5 Å². The van der Waals surface area contributed by atoms with Gasteiger partial charge in [0.05, 0.1) is 18.9 Å². The summed E-state index contributed by atoms with van der Waals surface area (Å²) < 4.78 is 19.0. The highest BCUT2D eigenvalue weighted by molar-refractivity contribution is 5.33. The van der Waals surface area contributed by atoms with Gasteiger partial charge in [-0.15, -0.1) is 0 Å². The number of halogens is 1. The van der Waals surface area contributed by atoms with E-state index in [9.17, 15) is 4.39 Å². The molecule has 0 saturated carbocycles. The van der Waals surface area contributed by atoms with Crippen LogP contribution in [0.2, 0.25) is 0 Å². The molecule has 2 N–H and O–H groups in total. The van der Waals surface area contributed by atoms with Crippen molar-refractivity contribution in [2.75, 3.05) is 31.1 Å². The Hall–Kier alpha value is -1.31. The summed E-state index contributed by atoms with van der Waals surface area (Å²) in [4.78, 5) is 12.3. The number of piperidine rings is 3. The molecular formula is C13H18FN5O. The van der Waals surface area contributed by atoms with E-state index >= 15 is 0 Å². The van der Waals surface area contributed by atoms with Gasteiger partial charge in [0.15, 0.2) is 12.2 Å². The largest absolute Gasteiger partial charge is 0.335 e. The van der Waals surface area contributed by atoms with Crippen LogP contribution in [0.25, 0.3) is 0 Å². The van der Waals surface area contributed by atoms with Gasteiger partial charge in [0.1, 0.15) is 5.60 Å². The molecule has 7 heteroatoms. The zero-order valence-electron chi connectivity index (χ0n) is 11.2. The summed E-state index contributed by atoms with van der Waals surface area (Å²) >= 11 is 0. The lowest BCUT2D eigenvalue weighted by atomic mass is 9.75. The van der Waals surface area contributed by atoms with Crippen molar-refractivity contribution in [3.63, 3.8) is 0 Å². The van der Waals surface area contributed by atoms with Crippen molar-refractivity contribution >= 4 is 5.95 Å². The molecule has 0 aliphatic carbocycles. The Labute approximate surface area is 116 Å². The van der Waals surface area contributed by atoms with Gasteiger partial charge in [-0.3, -0.25) is 10.6 Å². The third-order valence-corrected chi connectivity index (χ3v) is 4.79. The molecule has 2 bridgehead atoms. The van der Waals surface area contributed by atoms with Crippen molar-refractivity contribution in [1.82, 2.24) is 14.9 Å². The number of nitrogens with zero attached hydrogens (tertiary/aromatic N) is 4. The van der Waals surface area contributed by atoms with Gasteiger partial charge in [-0.05, 0) is 31.8 Å². The van der Waals surface area contributed by atoms with Gasteiger partial charge in [0.2, 0.25) is 5.95 Å². The van der Waals surface area contributed by atoms with Crippen LogP contribution in [0.15, 0.2) is 12.4 Å². The highest BCUT2D eigenvalue weighted by Crippen LogP contribution is 2.43. The third kappa shape index (κ3) is 1.81. The van der Waals surface area contributed by atoms with E-state index in [0.717, 1.165) is 44.9 Å². The van der Waals surface area contributed by atoms with Crippen LogP contribution in [0.4, 0.5) is 10.3 Å². The number of aromatic nitrogens is 2. The predicted octanol–water partition coefficient (Wildman–Crippen LogP) is 0.159. The molecule has 2 unspecified atom stereocenters. The summed E-state index contributed by atoms with van der Waals surface area (Å²) in [5.74, 6) is 0.538. The van der Waals surface area contributed by atoms with Gasteiger partial charge < -0.3 is 9.64 Å². The standard InChI is InChI=1S/C13H18FN5O/c14-10-5-16-12(17-6-10)19-8-13(20-11(19)15)7-18-3-1-9(13)2-4-18/h5-6,9,11H,1-4,7-8,15H2. The lowest BCUT2D eigenvalue weighted by molar-refractivity contribution is -0.137. The second-order valence-electron chi connectivity index (χ2n) is 5.95. The van der Waals surface area contributed by atoms with Crippen molar-refractivity contribution in [2.45, 2.75) is 24.8 Å². The number of fused-ring (bicyclic) bond motifs is 2. The van der Waals surface area contributed by atoms with Gasteiger partial charge >= 0.3 is 0 Å². The molecule has 1 spiro atoms. The molecule has 20 heavy (non-hydrogen) atoms. The van der Waals surface area contributed by atoms with Crippen LogP contribution >= 0.6 is 0 Å². The highest BCUT2D eigenvalue weighted by Gasteiger charge is 2.54. The van der Waals surface area contributed by atoms with Crippen LogP contribution < -0.4 is 10.6 Å². The van der Waals surface area contributed by atoms with Gasteiger partial charge in [0.25, 0.3) is 0 Å². The van der Waals surface area contributed by atoms with Crippen LogP contribution in [0.1, 0.15) is 12.8 Å². The van der Waals surface area contributed by atoms with E-state index in [1.165, 1.54) is 0 Å². The third-order valence-electron chi connectivity index (χ3n) is 4.79. The molecule has 1 aromatic rings. The lowest BCUT2D eigenvalue weighted by Crippen LogP contribution is -2.61. The molecule has 0 aromatic carbocycles. The van der Waals surface area contributed by atoms with Crippen molar-refractivity contribution in [3.8, 4) is 0 Å². The Morgan fingerprint density at radius 1 is 1.25 bits per heavy atom. The zero-order valence-corrected chi connectivity index (χ0v) is 11.2. The smallest absolute Gasteiger partial charge is 0.228 e. The molecule has 108 valence electrons. The maximum atomic E-state index is 12.9. The van der Waals surface area contributed by atoms with Gasteiger partial charge in [-0.1, -0.05) is 0 Å². The average molecular weight is 279 g/mol. The van der Waals surface area contributed by atoms with E-state index in [-0.39, 0.29) is 5.60 Å². The molecule has 1 aromatic heterocycles. The van der Waals surface area contributed by atoms with E-state index < -0.39 is 12.2 Å². The summed E-state index contributed by atoms with van der Waals surface area (Å²) in [7, 11) is 0. The summed E-state index contributed by atoms with van der Waals surface area (Å²) in [5.41, 5.74) is 5.88. The summed E-state index contributed by atoms with van der Waals surface area (Å²) in [6, 6.07) is 0. The monoisotopic (exact) mass is 279 g/mol. The van der Waals surface area contributed by atoms with Crippen molar-refractivity contribution in [1.29, 1.82) is 0 Å². The first-order valence-electron chi connectivity index (χ1n) is 7.06. The Balaban J connectivity index is 1.60. The first kappa shape index (κ1) is 12.4. The minimum atomic E-state index is -0.555. The number of hydrogen-bond acceptors (Lipinski definition) is 6. The Morgan fingerprint density at radius 2 is 1.95 bits per heavy atom. The van der Waals surface area contributed by atoms with Crippen LogP contribution in [0, 0.1) is 11.7 Å². The molecule has 0 amide bonds. The Bertz CT molecular complexity index is 504. The molecule has 4 aliphatic heterocycles. The topological polar surface area (TPSA) is 67.5 Å². The Kier molecular flexibility index (Phi) is 2.70.